The topological polar surface area (TPSA) is 41.0 Å². The predicted molar refractivity (Wildman–Crippen MR) is 70.9 cm³/mol. The van der Waals surface area contributed by atoms with Gasteiger partial charge in [-0.3, -0.25) is 0 Å². The van der Waals surface area contributed by atoms with Crippen molar-refractivity contribution < 1.29 is 0 Å². The lowest BCUT2D eigenvalue weighted by Gasteiger charge is -2.33. The normalized spacial score (nSPS) is 17.5. The van der Waals surface area contributed by atoms with Crippen LogP contribution in [0.1, 0.15) is 12.8 Å². The summed E-state index contributed by atoms with van der Waals surface area (Å²) in [6.45, 7) is 3.07. The van der Waals surface area contributed by atoms with Crippen molar-refractivity contribution in [2.75, 3.05) is 31.6 Å². The molecular formula is C11H16Cl2N4. The van der Waals surface area contributed by atoms with Crippen LogP contribution in [0.15, 0.2) is 6.07 Å². The van der Waals surface area contributed by atoms with Crippen LogP contribution in [0.2, 0.25) is 10.3 Å². The number of halogens is 2. The molecule has 0 amide bonds. The van der Waals surface area contributed by atoms with Gasteiger partial charge in [0, 0.05) is 19.2 Å². The van der Waals surface area contributed by atoms with Crippen molar-refractivity contribution in [3.63, 3.8) is 0 Å². The molecule has 0 aromatic carbocycles. The Labute approximate surface area is 111 Å². The zero-order valence-corrected chi connectivity index (χ0v) is 11.3. The third-order valence-electron chi connectivity index (χ3n) is 3.15. The Bertz CT molecular complexity index is 378. The largest absolute Gasteiger partial charge is 0.369 e. The quantitative estimate of drug-likeness (QED) is 0.918. The second kappa shape index (κ2) is 5.85. The monoisotopic (exact) mass is 274 g/mol. The van der Waals surface area contributed by atoms with Crippen LogP contribution in [0.5, 0.6) is 0 Å². The van der Waals surface area contributed by atoms with Crippen LogP contribution >= 0.6 is 23.2 Å². The van der Waals surface area contributed by atoms with E-state index in [0.717, 1.165) is 44.1 Å². The summed E-state index contributed by atoms with van der Waals surface area (Å²) in [4.78, 5) is 2.23. The predicted octanol–water partition coefficient (Wildman–Crippen LogP) is 2.22. The van der Waals surface area contributed by atoms with Crippen LogP contribution < -0.4 is 10.2 Å². The van der Waals surface area contributed by atoms with E-state index < -0.39 is 0 Å². The average Bonchev–Trinajstić information content (AvgIpc) is 2.34. The number of piperidine rings is 1. The van der Waals surface area contributed by atoms with Gasteiger partial charge in [0.05, 0.1) is 5.69 Å². The first-order valence-electron chi connectivity index (χ1n) is 5.79. The molecule has 2 rings (SSSR count). The molecule has 1 aliphatic heterocycles. The van der Waals surface area contributed by atoms with E-state index in [9.17, 15) is 0 Å². The molecule has 1 aromatic rings. The van der Waals surface area contributed by atoms with E-state index in [1.165, 1.54) is 0 Å². The summed E-state index contributed by atoms with van der Waals surface area (Å²) in [5, 5.41) is 11.6. The molecule has 1 aliphatic rings. The van der Waals surface area contributed by atoms with Gasteiger partial charge in [-0.05, 0) is 32.4 Å². The van der Waals surface area contributed by atoms with Gasteiger partial charge in [0.25, 0.3) is 0 Å². The summed E-state index contributed by atoms with van der Waals surface area (Å²) < 4.78 is 0. The van der Waals surface area contributed by atoms with E-state index in [2.05, 4.69) is 20.4 Å². The van der Waals surface area contributed by atoms with Crippen molar-refractivity contribution in [1.82, 2.24) is 15.5 Å². The molecular weight excluding hydrogens is 259 g/mol. The van der Waals surface area contributed by atoms with Gasteiger partial charge < -0.3 is 10.2 Å². The highest BCUT2D eigenvalue weighted by molar-refractivity contribution is 6.33. The zero-order chi connectivity index (χ0) is 12.3. The highest BCUT2D eigenvalue weighted by Gasteiger charge is 2.21. The van der Waals surface area contributed by atoms with Crippen LogP contribution in [-0.2, 0) is 0 Å². The molecule has 2 heterocycles. The van der Waals surface area contributed by atoms with E-state index in [-0.39, 0.29) is 0 Å². The maximum Gasteiger partial charge on any atom is 0.175 e. The number of rotatable bonds is 3. The van der Waals surface area contributed by atoms with Crippen molar-refractivity contribution in [1.29, 1.82) is 0 Å². The molecule has 0 spiro atoms. The fourth-order valence-corrected chi connectivity index (χ4v) is 2.59. The van der Waals surface area contributed by atoms with Gasteiger partial charge in [-0.15, -0.1) is 10.2 Å². The Morgan fingerprint density at radius 3 is 2.71 bits per heavy atom. The maximum absolute atomic E-state index is 6.04. The van der Waals surface area contributed by atoms with E-state index in [1.807, 2.05) is 7.05 Å². The van der Waals surface area contributed by atoms with Gasteiger partial charge in [-0.25, -0.2) is 0 Å². The minimum atomic E-state index is 0.391. The summed E-state index contributed by atoms with van der Waals surface area (Å²) in [6, 6.07) is 1.79. The third kappa shape index (κ3) is 3.21. The molecule has 0 radical (unpaired) electrons. The van der Waals surface area contributed by atoms with Gasteiger partial charge in [-0.1, -0.05) is 23.2 Å². The van der Waals surface area contributed by atoms with Gasteiger partial charge in [0.1, 0.15) is 0 Å². The molecule has 4 nitrogen and oxygen atoms in total. The fraction of sp³-hybridized carbons (Fsp3) is 0.636. The molecule has 1 aromatic heterocycles. The number of hydrogen-bond donors (Lipinski definition) is 1. The summed E-state index contributed by atoms with van der Waals surface area (Å²) in [6.07, 6.45) is 2.33. The minimum Gasteiger partial charge on any atom is -0.369 e. The third-order valence-corrected chi connectivity index (χ3v) is 3.60. The van der Waals surface area contributed by atoms with E-state index in [1.54, 1.807) is 6.07 Å². The van der Waals surface area contributed by atoms with Gasteiger partial charge in [0.15, 0.2) is 10.3 Å². The van der Waals surface area contributed by atoms with Crippen molar-refractivity contribution >= 4 is 28.9 Å². The molecule has 94 valence electrons. The van der Waals surface area contributed by atoms with Gasteiger partial charge in [-0.2, -0.15) is 0 Å². The van der Waals surface area contributed by atoms with Crippen LogP contribution in [0.4, 0.5) is 5.69 Å². The zero-order valence-electron chi connectivity index (χ0n) is 9.79. The van der Waals surface area contributed by atoms with E-state index in [0.29, 0.717) is 10.3 Å². The first-order valence-corrected chi connectivity index (χ1v) is 6.54. The smallest absolute Gasteiger partial charge is 0.175 e. The Morgan fingerprint density at radius 2 is 2.06 bits per heavy atom. The fourth-order valence-electron chi connectivity index (χ4n) is 2.23. The first-order chi connectivity index (χ1) is 8.20. The molecule has 1 fully saturated rings. The number of nitrogens with zero attached hydrogens (tertiary/aromatic N) is 3. The SMILES string of the molecule is CNCC1CCN(c2cc(Cl)nnc2Cl)CC1. The van der Waals surface area contributed by atoms with Crippen LogP contribution in [-0.4, -0.2) is 36.9 Å². The second-order valence-corrected chi connectivity index (χ2v) is 5.08. The Balaban J connectivity index is 2.02. The van der Waals surface area contributed by atoms with E-state index in [4.69, 9.17) is 23.2 Å². The van der Waals surface area contributed by atoms with E-state index >= 15 is 0 Å². The standard InChI is InChI=1S/C11H16Cl2N4/c1-14-7-8-2-4-17(5-3-8)9-6-10(12)15-16-11(9)13/h6,8,14H,2-5,7H2,1H3. The van der Waals surface area contributed by atoms with Gasteiger partial charge >= 0.3 is 0 Å². The number of hydrogen-bond acceptors (Lipinski definition) is 4. The first kappa shape index (κ1) is 12.9. The van der Waals surface area contributed by atoms with Crippen molar-refractivity contribution in [2.45, 2.75) is 12.8 Å². The summed E-state index contributed by atoms with van der Waals surface area (Å²) in [7, 11) is 2.00. The summed E-state index contributed by atoms with van der Waals surface area (Å²) in [5.74, 6) is 0.750. The molecule has 1 saturated heterocycles. The van der Waals surface area contributed by atoms with Gasteiger partial charge in [0.2, 0.25) is 0 Å². The molecule has 0 atom stereocenters. The molecule has 6 heteroatoms. The summed E-state index contributed by atoms with van der Waals surface area (Å²) in [5.41, 5.74) is 0.898. The second-order valence-electron chi connectivity index (χ2n) is 4.33. The lowest BCUT2D eigenvalue weighted by atomic mass is 9.96. The summed E-state index contributed by atoms with van der Waals surface area (Å²) >= 11 is 11.9. The Kier molecular flexibility index (Phi) is 4.42. The van der Waals surface area contributed by atoms with Crippen molar-refractivity contribution in [3.05, 3.63) is 16.4 Å². The molecule has 1 N–H and O–H groups in total. The van der Waals surface area contributed by atoms with Crippen molar-refractivity contribution in [3.8, 4) is 0 Å². The lowest BCUT2D eigenvalue weighted by molar-refractivity contribution is 0.393. The molecule has 0 unspecified atom stereocenters. The molecule has 0 saturated carbocycles. The maximum atomic E-state index is 6.04. The molecule has 0 aliphatic carbocycles. The van der Waals surface area contributed by atoms with Crippen molar-refractivity contribution in [2.24, 2.45) is 5.92 Å². The van der Waals surface area contributed by atoms with Crippen LogP contribution in [0.25, 0.3) is 0 Å². The Morgan fingerprint density at radius 1 is 1.35 bits per heavy atom. The number of aromatic nitrogens is 2. The minimum absolute atomic E-state index is 0.391. The molecule has 17 heavy (non-hydrogen) atoms. The number of nitrogens with one attached hydrogen (secondary N) is 1. The Hall–Kier alpha value is -0.580. The van der Waals surface area contributed by atoms with Crippen LogP contribution in [0, 0.1) is 5.92 Å². The highest BCUT2D eigenvalue weighted by atomic mass is 35.5. The number of anilines is 1. The average molecular weight is 275 g/mol. The van der Waals surface area contributed by atoms with Crippen LogP contribution in [0.3, 0.4) is 0 Å². The molecule has 0 bridgehead atoms. The highest BCUT2D eigenvalue weighted by Crippen LogP contribution is 2.29. The lowest BCUT2D eigenvalue weighted by Crippen LogP contribution is -2.37.